The van der Waals surface area contributed by atoms with Crippen molar-refractivity contribution >= 4 is 8.80 Å². The molecule has 19 heavy (non-hydrogen) atoms. The van der Waals surface area contributed by atoms with Crippen LogP contribution in [-0.4, -0.2) is 30.1 Å². The van der Waals surface area contributed by atoms with Gasteiger partial charge in [-0.05, 0) is 37.0 Å². The van der Waals surface area contributed by atoms with Crippen LogP contribution in [0.2, 0.25) is 6.04 Å². The molecule has 6 heteroatoms. The number of hydrogen-bond donors (Lipinski definition) is 0. The Morgan fingerprint density at radius 3 is 1.89 bits per heavy atom. The van der Waals surface area contributed by atoms with Crippen LogP contribution in [-0.2, 0) is 19.7 Å². The second kappa shape index (κ2) is 7.69. The fourth-order valence-electron chi connectivity index (χ4n) is 1.98. The first-order valence-corrected chi connectivity index (χ1v) is 8.09. The van der Waals surface area contributed by atoms with Crippen molar-refractivity contribution in [1.82, 2.24) is 0 Å². The zero-order valence-corrected chi connectivity index (χ0v) is 12.5. The van der Waals surface area contributed by atoms with Gasteiger partial charge in [0.05, 0.1) is 0 Å². The summed E-state index contributed by atoms with van der Waals surface area (Å²) in [7, 11) is 2.19. The van der Waals surface area contributed by atoms with E-state index in [1.165, 1.54) is 12.1 Å². The minimum atomic E-state index is -2.53. The molecule has 0 atom stereocenters. The van der Waals surface area contributed by atoms with E-state index in [1.807, 2.05) is 0 Å². The van der Waals surface area contributed by atoms with Crippen molar-refractivity contribution in [1.29, 1.82) is 0 Å². The highest BCUT2D eigenvalue weighted by atomic mass is 28.4. The average molecular weight is 290 g/mol. The van der Waals surface area contributed by atoms with E-state index in [2.05, 4.69) is 0 Å². The zero-order valence-electron chi connectivity index (χ0n) is 11.5. The second-order valence-corrected chi connectivity index (χ2v) is 7.37. The van der Waals surface area contributed by atoms with E-state index in [4.69, 9.17) is 13.3 Å². The Hall–Kier alpha value is -0.823. The number of hydrogen-bond acceptors (Lipinski definition) is 3. The molecule has 0 saturated carbocycles. The van der Waals surface area contributed by atoms with E-state index >= 15 is 0 Å². The molecule has 0 amide bonds. The number of halogens is 2. The monoisotopic (exact) mass is 290 g/mol. The van der Waals surface area contributed by atoms with Crippen LogP contribution in [0.4, 0.5) is 8.78 Å². The Morgan fingerprint density at radius 2 is 1.42 bits per heavy atom. The lowest BCUT2D eigenvalue weighted by atomic mass is 10.1. The molecule has 1 rings (SSSR count). The van der Waals surface area contributed by atoms with E-state index in [0.717, 1.165) is 18.9 Å². The SMILES string of the molecule is CO[Si](CCCCc1cc(F)cc(F)c1)(OC)OC. The molecular formula is C13H20F2O3Si. The van der Waals surface area contributed by atoms with Crippen molar-refractivity contribution in [2.24, 2.45) is 0 Å². The van der Waals surface area contributed by atoms with Gasteiger partial charge in [-0.3, -0.25) is 0 Å². The highest BCUT2D eigenvalue weighted by molar-refractivity contribution is 6.60. The first kappa shape index (κ1) is 16.2. The van der Waals surface area contributed by atoms with E-state index in [-0.39, 0.29) is 0 Å². The molecule has 0 aromatic heterocycles. The molecule has 1 aromatic carbocycles. The summed E-state index contributed by atoms with van der Waals surface area (Å²) in [6.07, 6.45) is 2.24. The summed E-state index contributed by atoms with van der Waals surface area (Å²) >= 11 is 0. The van der Waals surface area contributed by atoms with Gasteiger partial charge >= 0.3 is 8.80 Å². The number of benzene rings is 1. The summed E-state index contributed by atoms with van der Waals surface area (Å²) in [4.78, 5) is 0. The summed E-state index contributed by atoms with van der Waals surface area (Å²) in [6.45, 7) is 0. The van der Waals surface area contributed by atoms with Crippen molar-refractivity contribution in [3.63, 3.8) is 0 Å². The highest BCUT2D eigenvalue weighted by Gasteiger charge is 2.36. The third-order valence-corrected chi connectivity index (χ3v) is 5.89. The molecule has 0 aliphatic carbocycles. The van der Waals surface area contributed by atoms with Gasteiger partial charge in [0.15, 0.2) is 0 Å². The molecule has 0 spiro atoms. The predicted molar refractivity (Wildman–Crippen MR) is 70.9 cm³/mol. The fraction of sp³-hybridized carbons (Fsp3) is 0.538. The lowest BCUT2D eigenvalue weighted by Gasteiger charge is -2.24. The highest BCUT2D eigenvalue weighted by Crippen LogP contribution is 2.18. The molecule has 0 aliphatic rings. The maximum Gasteiger partial charge on any atom is 0.500 e. The number of rotatable bonds is 8. The van der Waals surface area contributed by atoms with Crippen molar-refractivity contribution in [3.8, 4) is 0 Å². The number of unbranched alkanes of at least 4 members (excludes halogenated alkanes) is 1. The summed E-state index contributed by atoms with van der Waals surface area (Å²) in [5.41, 5.74) is 0.664. The zero-order chi connectivity index (χ0) is 14.3. The molecule has 108 valence electrons. The largest absolute Gasteiger partial charge is 0.500 e. The van der Waals surface area contributed by atoms with Crippen LogP contribution in [0.5, 0.6) is 0 Å². The van der Waals surface area contributed by atoms with Gasteiger partial charge in [-0.15, -0.1) is 0 Å². The van der Waals surface area contributed by atoms with Gasteiger partial charge in [-0.25, -0.2) is 8.78 Å². The Balaban J connectivity index is 2.42. The summed E-state index contributed by atoms with van der Waals surface area (Å²) in [5, 5.41) is 0. The molecule has 0 unspecified atom stereocenters. The van der Waals surface area contributed by atoms with Gasteiger partial charge in [-0.1, -0.05) is 0 Å². The molecule has 0 aliphatic heterocycles. The second-order valence-electron chi connectivity index (χ2n) is 4.28. The number of aryl methyl sites for hydroxylation is 1. The molecule has 1 aromatic rings. The quantitative estimate of drug-likeness (QED) is 0.544. The van der Waals surface area contributed by atoms with Gasteiger partial charge in [0.25, 0.3) is 0 Å². The maximum absolute atomic E-state index is 13.0. The first-order chi connectivity index (χ1) is 9.05. The first-order valence-electron chi connectivity index (χ1n) is 6.15. The van der Waals surface area contributed by atoms with Gasteiger partial charge < -0.3 is 13.3 Å². The van der Waals surface area contributed by atoms with Crippen molar-refractivity contribution < 1.29 is 22.1 Å². The lowest BCUT2D eigenvalue weighted by molar-refractivity contribution is 0.123. The van der Waals surface area contributed by atoms with E-state index in [1.54, 1.807) is 21.3 Å². The van der Waals surface area contributed by atoms with Crippen LogP contribution >= 0.6 is 0 Å². The van der Waals surface area contributed by atoms with Gasteiger partial charge in [0.2, 0.25) is 0 Å². The third kappa shape index (κ3) is 4.98. The lowest BCUT2D eigenvalue weighted by Crippen LogP contribution is -2.42. The van der Waals surface area contributed by atoms with Crippen LogP contribution in [0.25, 0.3) is 0 Å². The summed E-state index contributed by atoms with van der Waals surface area (Å²) < 4.78 is 41.9. The van der Waals surface area contributed by atoms with Crippen LogP contribution in [0.3, 0.4) is 0 Å². The molecule has 0 bridgehead atoms. The van der Waals surface area contributed by atoms with Crippen LogP contribution in [0.1, 0.15) is 18.4 Å². The molecule has 0 heterocycles. The van der Waals surface area contributed by atoms with Gasteiger partial charge in [0.1, 0.15) is 11.6 Å². The van der Waals surface area contributed by atoms with Crippen molar-refractivity contribution in [3.05, 3.63) is 35.4 Å². The van der Waals surface area contributed by atoms with E-state index in [0.29, 0.717) is 18.0 Å². The molecule has 0 N–H and O–H groups in total. The average Bonchev–Trinajstić information content (AvgIpc) is 2.39. The summed E-state index contributed by atoms with van der Waals surface area (Å²) in [5.74, 6) is -1.08. The maximum atomic E-state index is 13.0. The van der Waals surface area contributed by atoms with Crippen molar-refractivity contribution in [2.45, 2.75) is 25.3 Å². The summed E-state index contributed by atoms with van der Waals surface area (Å²) in [6, 6.07) is 4.28. The standard InChI is InChI=1S/C13H20F2O3Si/c1-16-19(17-2,18-3)7-5-4-6-11-8-12(14)10-13(15)9-11/h8-10H,4-7H2,1-3H3. The molecular weight excluding hydrogens is 270 g/mol. The van der Waals surface area contributed by atoms with Gasteiger partial charge in [-0.2, -0.15) is 0 Å². The van der Waals surface area contributed by atoms with Crippen LogP contribution in [0.15, 0.2) is 18.2 Å². The predicted octanol–water partition coefficient (Wildman–Crippen LogP) is 3.17. The fourth-order valence-corrected chi connectivity index (χ4v) is 3.78. The van der Waals surface area contributed by atoms with Crippen molar-refractivity contribution in [2.75, 3.05) is 21.3 Å². The molecule has 3 nitrogen and oxygen atoms in total. The molecule has 0 saturated heterocycles. The smallest absolute Gasteiger partial charge is 0.377 e. The van der Waals surface area contributed by atoms with Crippen LogP contribution in [0, 0.1) is 11.6 Å². The Morgan fingerprint density at radius 1 is 0.895 bits per heavy atom. The van der Waals surface area contributed by atoms with E-state index < -0.39 is 20.4 Å². The Bertz CT molecular complexity index is 369. The minimum Gasteiger partial charge on any atom is -0.377 e. The Labute approximate surface area is 113 Å². The molecule has 0 radical (unpaired) electrons. The minimum absolute atomic E-state index is 0.538. The Kier molecular flexibility index (Phi) is 6.57. The molecule has 0 fully saturated rings. The third-order valence-electron chi connectivity index (χ3n) is 3.05. The normalized spacial score (nSPS) is 11.8. The van der Waals surface area contributed by atoms with E-state index in [9.17, 15) is 8.78 Å². The van der Waals surface area contributed by atoms with Crippen LogP contribution < -0.4 is 0 Å². The van der Waals surface area contributed by atoms with Gasteiger partial charge in [0, 0.05) is 33.4 Å². The topological polar surface area (TPSA) is 27.7 Å².